The van der Waals surface area contributed by atoms with Gasteiger partial charge in [0.1, 0.15) is 11.6 Å². The molecule has 1 aromatic carbocycles. The van der Waals surface area contributed by atoms with Gasteiger partial charge in [-0.1, -0.05) is 0 Å². The highest BCUT2D eigenvalue weighted by Crippen LogP contribution is 2.34. The van der Waals surface area contributed by atoms with Crippen LogP contribution in [0.15, 0.2) is 18.2 Å². The summed E-state index contributed by atoms with van der Waals surface area (Å²) in [6.45, 7) is 1.86. The highest BCUT2D eigenvalue weighted by molar-refractivity contribution is 5.94. The summed E-state index contributed by atoms with van der Waals surface area (Å²) >= 11 is 0. The first kappa shape index (κ1) is 15.4. The Bertz CT molecular complexity index is 553. The van der Waals surface area contributed by atoms with E-state index in [2.05, 4.69) is 5.32 Å². The van der Waals surface area contributed by atoms with Gasteiger partial charge in [0.2, 0.25) is 0 Å². The Balaban J connectivity index is 1.67. The number of halogens is 2. The molecule has 2 fully saturated rings. The van der Waals surface area contributed by atoms with Crippen LogP contribution in [-0.4, -0.2) is 37.4 Å². The minimum atomic E-state index is -0.716. The number of rotatable bonds is 2. The lowest BCUT2D eigenvalue weighted by molar-refractivity contribution is -0.139. The van der Waals surface area contributed by atoms with E-state index in [-0.39, 0.29) is 17.2 Å². The number of carbonyl (C=O) groups excluding carboxylic acids is 1. The third-order valence-electron chi connectivity index (χ3n) is 4.41. The number of amides is 1. The second-order valence-corrected chi connectivity index (χ2v) is 5.93. The van der Waals surface area contributed by atoms with Gasteiger partial charge in [-0.2, -0.15) is 0 Å². The summed E-state index contributed by atoms with van der Waals surface area (Å²) in [4.78, 5) is 12.2. The maximum Gasteiger partial charge on any atom is 0.254 e. The molecule has 0 aliphatic carbocycles. The molecule has 120 valence electrons. The summed E-state index contributed by atoms with van der Waals surface area (Å²) in [6.07, 6.45) is 2.95. The van der Waals surface area contributed by atoms with Gasteiger partial charge in [-0.05, 0) is 43.9 Å². The van der Waals surface area contributed by atoms with Crippen LogP contribution < -0.4 is 5.32 Å². The van der Waals surface area contributed by atoms with Crippen molar-refractivity contribution in [2.24, 2.45) is 0 Å². The molecule has 6 heteroatoms. The van der Waals surface area contributed by atoms with E-state index in [1.54, 1.807) is 0 Å². The SMILES string of the molecule is O=C(N[C@H]1CCOC2(CCOCC2)C1)c1cc(F)ccc1F. The molecular weight excluding hydrogens is 292 g/mol. The van der Waals surface area contributed by atoms with E-state index in [9.17, 15) is 13.6 Å². The van der Waals surface area contributed by atoms with Gasteiger partial charge in [0.15, 0.2) is 0 Å². The van der Waals surface area contributed by atoms with Crippen molar-refractivity contribution in [3.63, 3.8) is 0 Å². The number of nitrogens with one attached hydrogen (secondary N) is 1. The van der Waals surface area contributed by atoms with Gasteiger partial charge in [-0.15, -0.1) is 0 Å². The van der Waals surface area contributed by atoms with Crippen molar-refractivity contribution in [1.29, 1.82) is 0 Å². The molecule has 1 amide bonds. The summed E-state index contributed by atoms with van der Waals surface area (Å²) < 4.78 is 38.1. The second kappa shape index (κ2) is 6.30. The van der Waals surface area contributed by atoms with Crippen LogP contribution in [0.3, 0.4) is 0 Å². The molecule has 0 unspecified atom stereocenters. The zero-order chi connectivity index (χ0) is 15.6. The summed E-state index contributed by atoms with van der Waals surface area (Å²) in [5.41, 5.74) is -0.512. The van der Waals surface area contributed by atoms with Crippen molar-refractivity contribution in [2.45, 2.75) is 37.3 Å². The molecule has 3 rings (SSSR count). The Kier molecular flexibility index (Phi) is 4.40. The molecule has 0 bridgehead atoms. The van der Waals surface area contributed by atoms with Crippen molar-refractivity contribution in [3.8, 4) is 0 Å². The number of ether oxygens (including phenoxy) is 2. The van der Waals surface area contributed by atoms with Crippen LogP contribution in [0.2, 0.25) is 0 Å². The molecule has 22 heavy (non-hydrogen) atoms. The van der Waals surface area contributed by atoms with Gasteiger partial charge in [-0.25, -0.2) is 8.78 Å². The van der Waals surface area contributed by atoms with Crippen LogP contribution in [0.4, 0.5) is 8.78 Å². The zero-order valence-corrected chi connectivity index (χ0v) is 12.2. The van der Waals surface area contributed by atoms with E-state index in [0.717, 1.165) is 31.0 Å². The van der Waals surface area contributed by atoms with Crippen molar-refractivity contribution < 1.29 is 23.0 Å². The van der Waals surface area contributed by atoms with E-state index >= 15 is 0 Å². The molecule has 2 aliphatic rings. The van der Waals surface area contributed by atoms with E-state index in [4.69, 9.17) is 9.47 Å². The fourth-order valence-electron chi connectivity index (χ4n) is 3.18. The minimum absolute atomic E-state index is 0.0954. The maximum atomic E-state index is 13.7. The van der Waals surface area contributed by atoms with Gasteiger partial charge in [-0.3, -0.25) is 4.79 Å². The highest BCUT2D eigenvalue weighted by atomic mass is 19.1. The maximum absolute atomic E-state index is 13.7. The predicted molar refractivity (Wildman–Crippen MR) is 75.6 cm³/mol. The van der Waals surface area contributed by atoms with E-state index in [1.807, 2.05) is 0 Å². The van der Waals surface area contributed by atoms with Crippen molar-refractivity contribution in [2.75, 3.05) is 19.8 Å². The molecule has 2 heterocycles. The highest BCUT2D eigenvalue weighted by Gasteiger charge is 2.39. The average Bonchev–Trinajstić information content (AvgIpc) is 2.50. The molecule has 1 atom stereocenters. The Labute approximate surface area is 127 Å². The van der Waals surface area contributed by atoms with E-state index in [1.165, 1.54) is 0 Å². The van der Waals surface area contributed by atoms with E-state index < -0.39 is 17.5 Å². The lowest BCUT2D eigenvalue weighted by Crippen LogP contribution is -2.51. The second-order valence-electron chi connectivity index (χ2n) is 5.93. The number of carbonyl (C=O) groups is 1. The third kappa shape index (κ3) is 3.28. The zero-order valence-electron chi connectivity index (χ0n) is 12.2. The van der Waals surface area contributed by atoms with Crippen molar-refractivity contribution in [1.82, 2.24) is 5.32 Å². The molecular formula is C16H19F2NO3. The third-order valence-corrected chi connectivity index (χ3v) is 4.41. The van der Waals surface area contributed by atoms with Crippen molar-refractivity contribution in [3.05, 3.63) is 35.4 Å². The summed E-state index contributed by atoms with van der Waals surface area (Å²) in [5, 5.41) is 2.81. The molecule has 0 radical (unpaired) electrons. The van der Waals surface area contributed by atoms with Crippen LogP contribution in [0.1, 0.15) is 36.0 Å². The lowest BCUT2D eigenvalue weighted by atomic mass is 9.84. The average molecular weight is 311 g/mol. The van der Waals surface area contributed by atoms with Gasteiger partial charge >= 0.3 is 0 Å². The Hall–Kier alpha value is -1.53. The minimum Gasteiger partial charge on any atom is -0.381 e. The fraction of sp³-hybridized carbons (Fsp3) is 0.562. The summed E-state index contributed by atoms with van der Waals surface area (Å²) in [6, 6.07) is 2.79. The topological polar surface area (TPSA) is 47.6 Å². The predicted octanol–water partition coefficient (Wildman–Crippen LogP) is 2.42. The van der Waals surface area contributed by atoms with Gasteiger partial charge < -0.3 is 14.8 Å². The molecule has 0 saturated carbocycles. The molecule has 4 nitrogen and oxygen atoms in total. The first-order valence-electron chi connectivity index (χ1n) is 7.56. The largest absolute Gasteiger partial charge is 0.381 e. The number of hydrogen-bond donors (Lipinski definition) is 1. The monoisotopic (exact) mass is 311 g/mol. The standard InChI is InChI=1S/C16H19F2NO3/c17-11-1-2-14(18)13(9-11)15(20)19-12-3-6-22-16(10-12)4-7-21-8-5-16/h1-2,9,12H,3-8,10H2,(H,19,20)/t12-/m0/s1. The van der Waals surface area contributed by atoms with Crippen LogP contribution in [0.5, 0.6) is 0 Å². The molecule has 0 aromatic heterocycles. The number of hydrogen-bond acceptors (Lipinski definition) is 3. The van der Waals surface area contributed by atoms with Crippen LogP contribution in [0.25, 0.3) is 0 Å². The van der Waals surface area contributed by atoms with Gasteiger partial charge in [0.05, 0.1) is 11.2 Å². The van der Waals surface area contributed by atoms with Crippen molar-refractivity contribution >= 4 is 5.91 Å². The normalized spacial score (nSPS) is 24.2. The fourth-order valence-corrected chi connectivity index (χ4v) is 3.18. The smallest absolute Gasteiger partial charge is 0.254 e. The number of benzene rings is 1. The lowest BCUT2D eigenvalue weighted by Gasteiger charge is -2.43. The van der Waals surface area contributed by atoms with Crippen LogP contribution in [-0.2, 0) is 9.47 Å². The summed E-state index contributed by atoms with van der Waals surface area (Å²) in [7, 11) is 0. The first-order valence-corrected chi connectivity index (χ1v) is 7.56. The Morgan fingerprint density at radius 2 is 2.00 bits per heavy atom. The van der Waals surface area contributed by atoms with Crippen LogP contribution in [0, 0.1) is 11.6 Å². The quantitative estimate of drug-likeness (QED) is 0.912. The molecule has 1 spiro atoms. The Morgan fingerprint density at radius 3 is 2.77 bits per heavy atom. The molecule has 2 saturated heterocycles. The molecule has 2 aliphatic heterocycles. The molecule has 1 N–H and O–H groups in total. The molecule has 1 aromatic rings. The summed E-state index contributed by atoms with van der Waals surface area (Å²) in [5.74, 6) is -1.92. The Morgan fingerprint density at radius 1 is 1.23 bits per heavy atom. The van der Waals surface area contributed by atoms with Gasteiger partial charge in [0, 0.05) is 25.9 Å². The van der Waals surface area contributed by atoms with E-state index in [0.29, 0.717) is 32.7 Å². The van der Waals surface area contributed by atoms with Gasteiger partial charge in [0.25, 0.3) is 5.91 Å². The van der Waals surface area contributed by atoms with Crippen LogP contribution >= 0.6 is 0 Å². The first-order chi connectivity index (χ1) is 10.6.